The SMILES string of the molecule is C=C[C@]1(C)C[C@@H](O)[C@]23CC2CC[C@]2(CC[C@@H](OC)C23)[C@@H](C)C1=O. The van der Waals surface area contributed by atoms with Crippen molar-refractivity contribution in [2.24, 2.45) is 34.0 Å². The summed E-state index contributed by atoms with van der Waals surface area (Å²) in [6, 6.07) is 0. The van der Waals surface area contributed by atoms with Crippen molar-refractivity contribution in [2.75, 3.05) is 7.11 Å². The Morgan fingerprint density at radius 3 is 2.65 bits per heavy atom. The van der Waals surface area contributed by atoms with Gasteiger partial charge in [-0.15, -0.1) is 6.58 Å². The van der Waals surface area contributed by atoms with Crippen LogP contribution in [0.5, 0.6) is 0 Å². The Hall–Kier alpha value is -0.670. The molecule has 23 heavy (non-hydrogen) atoms. The summed E-state index contributed by atoms with van der Waals surface area (Å²) >= 11 is 0. The zero-order chi connectivity index (χ0) is 16.6. The summed E-state index contributed by atoms with van der Waals surface area (Å²) in [5, 5.41) is 11.2. The summed E-state index contributed by atoms with van der Waals surface area (Å²) in [6.07, 6.45) is 7.63. The van der Waals surface area contributed by atoms with Crippen molar-refractivity contribution in [2.45, 2.75) is 64.6 Å². The summed E-state index contributed by atoms with van der Waals surface area (Å²) in [7, 11) is 1.80. The molecule has 0 amide bonds. The zero-order valence-electron chi connectivity index (χ0n) is 14.7. The number of methoxy groups -OCH3 is 1. The second-order valence-corrected chi connectivity index (χ2v) is 9.00. The monoisotopic (exact) mass is 318 g/mol. The van der Waals surface area contributed by atoms with Gasteiger partial charge in [-0.05, 0) is 62.7 Å². The van der Waals surface area contributed by atoms with E-state index in [0.717, 1.165) is 25.7 Å². The maximum absolute atomic E-state index is 13.3. The smallest absolute Gasteiger partial charge is 0.145 e. The third-order valence-electron chi connectivity index (χ3n) is 8.43. The fourth-order valence-corrected chi connectivity index (χ4v) is 7.03. The number of hydrogen-bond acceptors (Lipinski definition) is 3. The predicted molar refractivity (Wildman–Crippen MR) is 88.8 cm³/mol. The number of aliphatic hydroxyl groups is 1. The van der Waals surface area contributed by atoms with Gasteiger partial charge in [-0.1, -0.05) is 13.0 Å². The van der Waals surface area contributed by atoms with Crippen LogP contribution in [0.2, 0.25) is 0 Å². The highest BCUT2D eigenvalue weighted by molar-refractivity contribution is 5.89. The molecule has 0 aromatic rings. The molecule has 2 unspecified atom stereocenters. The molecular weight excluding hydrogens is 288 g/mol. The molecule has 4 saturated carbocycles. The number of Topliss-reactive ketones (excluding diaryl/α,β-unsaturated/α-hetero) is 1. The Labute approximate surface area is 139 Å². The molecule has 1 spiro atoms. The molecule has 0 aliphatic heterocycles. The van der Waals surface area contributed by atoms with Crippen molar-refractivity contribution in [3.05, 3.63) is 12.7 Å². The first-order chi connectivity index (χ1) is 10.9. The van der Waals surface area contributed by atoms with Gasteiger partial charge in [0.1, 0.15) is 5.78 Å². The molecule has 0 aromatic heterocycles. The van der Waals surface area contributed by atoms with Gasteiger partial charge in [0, 0.05) is 23.9 Å². The standard InChI is InChI=1S/C20H30O3/c1-5-18(3)11-15(21)20-10-13(20)6-8-19(12(2)17(18)22)9-7-14(23-4)16(19)20/h5,12-16,21H,1,6-11H2,2-4H3/t12-,13?,14+,15+,16?,18+,19-,20-/m0/s1. The van der Waals surface area contributed by atoms with Crippen LogP contribution in [0.1, 0.15) is 52.4 Å². The molecule has 0 saturated heterocycles. The lowest BCUT2D eigenvalue weighted by atomic mass is 9.50. The summed E-state index contributed by atoms with van der Waals surface area (Å²) in [5.41, 5.74) is -0.579. The Morgan fingerprint density at radius 1 is 1.30 bits per heavy atom. The Kier molecular flexibility index (Phi) is 3.23. The van der Waals surface area contributed by atoms with Crippen LogP contribution in [0.3, 0.4) is 0 Å². The summed E-state index contributed by atoms with van der Waals surface area (Å²) < 4.78 is 5.87. The first kappa shape index (κ1) is 15.8. The maximum Gasteiger partial charge on any atom is 0.145 e. The Bertz CT molecular complexity index is 557. The zero-order valence-corrected chi connectivity index (χ0v) is 14.7. The van der Waals surface area contributed by atoms with E-state index in [4.69, 9.17) is 4.74 Å². The Morgan fingerprint density at radius 2 is 2.00 bits per heavy atom. The van der Waals surface area contributed by atoms with Crippen molar-refractivity contribution in [3.8, 4) is 0 Å². The molecule has 2 bridgehead atoms. The van der Waals surface area contributed by atoms with Gasteiger partial charge in [0.2, 0.25) is 0 Å². The lowest BCUT2D eigenvalue weighted by Crippen LogP contribution is -2.56. The molecule has 1 N–H and O–H groups in total. The number of ether oxygens (including phenoxy) is 1. The van der Waals surface area contributed by atoms with Gasteiger partial charge in [0.05, 0.1) is 12.2 Å². The Balaban J connectivity index is 1.87. The van der Waals surface area contributed by atoms with Gasteiger partial charge in [-0.3, -0.25) is 4.79 Å². The fraction of sp³-hybridized carbons (Fsp3) is 0.850. The van der Waals surface area contributed by atoms with E-state index < -0.39 is 11.5 Å². The molecule has 4 aliphatic rings. The topological polar surface area (TPSA) is 46.5 Å². The lowest BCUT2D eigenvalue weighted by molar-refractivity contribution is -0.156. The minimum Gasteiger partial charge on any atom is -0.392 e. The van der Waals surface area contributed by atoms with E-state index in [-0.39, 0.29) is 28.6 Å². The maximum atomic E-state index is 13.3. The van der Waals surface area contributed by atoms with Crippen LogP contribution < -0.4 is 0 Å². The largest absolute Gasteiger partial charge is 0.392 e. The highest BCUT2D eigenvalue weighted by atomic mass is 16.5. The predicted octanol–water partition coefficient (Wildman–Crippen LogP) is 3.36. The quantitative estimate of drug-likeness (QED) is 0.794. The van der Waals surface area contributed by atoms with Crippen LogP contribution in [0.25, 0.3) is 0 Å². The molecule has 128 valence electrons. The molecule has 0 aromatic carbocycles. The summed E-state index contributed by atoms with van der Waals surface area (Å²) in [4.78, 5) is 13.3. The first-order valence-corrected chi connectivity index (χ1v) is 9.24. The molecule has 0 heterocycles. The molecule has 0 radical (unpaired) electrons. The fourth-order valence-electron chi connectivity index (χ4n) is 7.03. The highest BCUT2D eigenvalue weighted by Crippen LogP contribution is 2.77. The van der Waals surface area contributed by atoms with Gasteiger partial charge in [-0.25, -0.2) is 0 Å². The molecular formula is C20H30O3. The van der Waals surface area contributed by atoms with Crippen molar-refractivity contribution < 1.29 is 14.6 Å². The van der Waals surface area contributed by atoms with E-state index in [0.29, 0.717) is 18.3 Å². The van der Waals surface area contributed by atoms with Crippen molar-refractivity contribution >= 4 is 5.78 Å². The van der Waals surface area contributed by atoms with E-state index in [1.54, 1.807) is 13.2 Å². The van der Waals surface area contributed by atoms with Gasteiger partial charge in [0.25, 0.3) is 0 Å². The van der Waals surface area contributed by atoms with Gasteiger partial charge >= 0.3 is 0 Å². The normalized spacial score (nSPS) is 57.9. The third kappa shape index (κ3) is 1.71. The average Bonchev–Trinajstić information content (AvgIpc) is 3.19. The first-order valence-electron chi connectivity index (χ1n) is 9.24. The lowest BCUT2D eigenvalue weighted by Gasteiger charge is -2.54. The number of allylic oxidation sites excluding steroid dienone is 1. The van der Waals surface area contributed by atoms with Crippen LogP contribution in [-0.2, 0) is 9.53 Å². The van der Waals surface area contributed by atoms with E-state index in [1.807, 2.05) is 6.92 Å². The second kappa shape index (κ2) is 4.70. The molecule has 4 fully saturated rings. The van der Waals surface area contributed by atoms with E-state index >= 15 is 0 Å². The number of carbonyl (C=O) groups is 1. The molecule has 3 nitrogen and oxygen atoms in total. The second-order valence-electron chi connectivity index (χ2n) is 9.00. The molecule has 4 rings (SSSR count). The summed E-state index contributed by atoms with van der Waals surface area (Å²) in [6.45, 7) is 8.06. The van der Waals surface area contributed by atoms with Crippen molar-refractivity contribution in [1.82, 2.24) is 0 Å². The van der Waals surface area contributed by atoms with Crippen LogP contribution >= 0.6 is 0 Å². The molecule has 8 atom stereocenters. The molecule has 3 heteroatoms. The summed E-state index contributed by atoms with van der Waals surface area (Å²) in [5.74, 6) is 1.28. The number of rotatable bonds is 2. The van der Waals surface area contributed by atoms with Gasteiger partial charge < -0.3 is 9.84 Å². The van der Waals surface area contributed by atoms with Crippen LogP contribution in [0.15, 0.2) is 12.7 Å². The van der Waals surface area contributed by atoms with E-state index in [9.17, 15) is 9.90 Å². The van der Waals surface area contributed by atoms with E-state index in [1.165, 1.54) is 6.42 Å². The van der Waals surface area contributed by atoms with Gasteiger partial charge in [-0.2, -0.15) is 0 Å². The number of aliphatic hydroxyl groups excluding tert-OH is 1. The van der Waals surface area contributed by atoms with Crippen LogP contribution in [0, 0.1) is 34.0 Å². The number of carbonyl (C=O) groups excluding carboxylic acids is 1. The van der Waals surface area contributed by atoms with E-state index in [2.05, 4.69) is 13.5 Å². The number of ketones is 1. The minimum atomic E-state index is -0.598. The van der Waals surface area contributed by atoms with Crippen molar-refractivity contribution in [1.29, 1.82) is 0 Å². The van der Waals surface area contributed by atoms with Crippen LogP contribution in [-0.4, -0.2) is 30.2 Å². The third-order valence-corrected chi connectivity index (χ3v) is 8.43. The minimum absolute atomic E-state index is 0.00530. The average molecular weight is 318 g/mol. The van der Waals surface area contributed by atoms with Crippen molar-refractivity contribution in [3.63, 3.8) is 0 Å². The van der Waals surface area contributed by atoms with Gasteiger partial charge in [0.15, 0.2) is 0 Å². The number of hydrogen-bond donors (Lipinski definition) is 1. The highest BCUT2D eigenvalue weighted by Gasteiger charge is 2.75. The van der Waals surface area contributed by atoms with Crippen LogP contribution in [0.4, 0.5) is 0 Å². The molecule has 4 aliphatic carbocycles.